The van der Waals surface area contributed by atoms with Gasteiger partial charge in [0.1, 0.15) is 6.10 Å². The minimum Gasteiger partial charge on any atom is -0.481 e. The summed E-state index contributed by atoms with van der Waals surface area (Å²) in [6.07, 6.45) is 15.8. The van der Waals surface area contributed by atoms with Gasteiger partial charge in [-0.25, -0.2) is 9.78 Å². The quantitative estimate of drug-likeness (QED) is 0.315. The number of aliphatic carboxylic acids is 1. The van der Waals surface area contributed by atoms with Crippen LogP contribution < -0.4 is 0 Å². The van der Waals surface area contributed by atoms with Crippen LogP contribution in [-0.2, 0) is 14.6 Å². The summed E-state index contributed by atoms with van der Waals surface area (Å²) in [6.45, 7) is 2.16. The summed E-state index contributed by atoms with van der Waals surface area (Å²) >= 11 is 0. The molecule has 1 heterocycles. The smallest absolute Gasteiger partial charge is 0.303 e. The van der Waals surface area contributed by atoms with Gasteiger partial charge in [0.05, 0.1) is 12.2 Å². The third-order valence-corrected chi connectivity index (χ3v) is 5.16. The molecule has 0 spiro atoms. The van der Waals surface area contributed by atoms with Crippen LogP contribution in [0.4, 0.5) is 0 Å². The van der Waals surface area contributed by atoms with Gasteiger partial charge in [-0.15, -0.1) is 0 Å². The van der Waals surface area contributed by atoms with Crippen LogP contribution in [0.15, 0.2) is 24.3 Å². The first-order valence-electron chi connectivity index (χ1n) is 9.67. The molecule has 2 rings (SSSR count). The highest BCUT2D eigenvalue weighted by Crippen LogP contribution is 2.44. The van der Waals surface area contributed by atoms with E-state index in [0.717, 1.165) is 44.9 Å². The van der Waals surface area contributed by atoms with Gasteiger partial charge in [-0.1, -0.05) is 50.5 Å². The molecule has 0 aromatic carbocycles. The zero-order valence-electron chi connectivity index (χ0n) is 15.2. The molecule has 2 fully saturated rings. The van der Waals surface area contributed by atoms with E-state index in [4.69, 9.17) is 14.9 Å². The Balaban J connectivity index is 1.78. The molecule has 142 valence electrons. The molecule has 1 aliphatic heterocycles. The first-order chi connectivity index (χ1) is 12.1. The van der Waals surface area contributed by atoms with E-state index < -0.39 is 5.97 Å². The predicted octanol–water partition coefficient (Wildman–Crippen LogP) is 4.02. The summed E-state index contributed by atoms with van der Waals surface area (Å²) in [4.78, 5) is 21.3. The minimum atomic E-state index is -0.741. The van der Waals surface area contributed by atoms with E-state index in [1.165, 1.54) is 0 Å². The maximum Gasteiger partial charge on any atom is 0.303 e. The van der Waals surface area contributed by atoms with Crippen LogP contribution >= 0.6 is 0 Å². The number of aliphatic hydroxyl groups excluding tert-OH is 1. The van der Waals surface area contributed by atoms with Gasteiger partial charge in [0.2, 0.25) is 0 Å². The number of carboxylic acid groups (broad SMARTS) is 1. The zero-order chi connectivity index (χ0) is 18.1. The van der Waals surface area contributed by atoms with Crippen molar-refractivity contribution in [2.75, 3.05) is 0 Å². The normalized spacial score (nSPS) is 29.8. The number of hydrogen-bond donors (Lipinski definition) is 2. The molecule has 1 saturated heterocycles. The molecule has 1 saturated carbocycles. The Morgan fingerprint density at radius 2 is 2.00 bits per heavy atom. The van der Waals surface area contributed by atoms with E-state index in [2.05, 4.69) is 25.2 Å². The lowest BCUT2D eigenvalue weighted by Crippen LogP contribution is -2.28. The number of rotatable bonds is 12. The fourth-order valence-corrected chi connectivity index (χ4v) is 3.72. The summed E-state index contributed by atoms with van der Waals surface area (Å²) in [7, 11) is 0. The van der Waals surface area contributed by atoms with Crippen molar-refractivity contribution in [1.82, 2.24) is 0 Å². The molecule has 2 aliphatic rings. The molecule has 2 bridgehead atoms. The molecular formula is C20H32O5. The van der Waals surface area contributed by atoms with E-state index in [0.29, 0.717) is 12.3 Å². The van der Waals surface area contributed by atoms with Crippen LogP contribution in [0.3, 0.4) is 0 Å². The monoisotopic (exact) mass is 352 g/mol. The number of carbonyl (C=O) groups is 1. The molecule has 25 heavy (non-hydrogen) atoms. The lowest BCUT2D eigenvalue weighted by molar-refractivity contribution is -0.336. The van der Waals surface area contributed by atoms with Gasteiger partial charge in [-0.3, -0.25) is 4.79 Å². The molecule has 0 aromatic rings. The van der Waals surface area contributed by atoms with Crippen molar-refractivity contribution in [2.24, 2.45) is 11.8 Å². The highest BCUT2D eigenvalue weighted by atomic mass is 17.2. The predicted molar refractivity (Wildman–Crippen MR) is 95.9 cm³/mol. The number of unbranched alkanes of at least 4 members (excludes halogenated alkanes) is 3. The van der Waals surface area contributed by atoms with Crippen molar-refractivity contribution in [2.45, 2.75) is 83.0 Å². The van der Waals surface area contributed by atoms with Gasteiger partial charge in [0.15, 0.2) is 0 Å². The number of carboxylic acids is 1. The summed E-state index contributed by atoms with van der Waals surface area (Å²) < 4.78 is 0. The van der Waals surface area contributed by atoms with E-state index >= 15 is 0 Å². The maximum atomic E-state index is 10.5. The lowest BCUT2D eigenvalue weighted by atomic mass is 9.89. The highest BCUT2D eigenvalue weighted by Gasteiger charge is 2.49. The van der Waals surface area contributed by atoms with E-state index in [9.17, 15) is 9.90 Å². The van der Waals surface area contributed by atoms with Crippen molar-refractivity contribution in [3.63, 3.8) is 0 Å². The molecule has 1 aliphatic carbocycles. The van der Waals surface area contributed by atoms with Gasteiger partial charge < -0.3 is 10.2 Å². The second-order valence-corrected chi connectivity index (χ2v) is 7.19. The molecule has 5 heteroatoms. The van der Waals surface area contributed by atoms with Gasteiger partial charge in [-0.2, -0.15) is 0 Å². The average molecular weight is 352 g/mol. The topological polar surface area (TPSA) is 76.0 Å². The Morgan fingerprint density at radius 3 is 2.76 bits per heavy atom. The second-order valence-electron chi connectivity index (χ2n) is 7.19. The van der Waals surface area contributed by atoms with Crippen LogP contribution in [0, 0.1) is 11.8 Å². The first kappa shape index (κ1) is 20.1. The van der Waals surface area contributed by atoms with Gasteiger partial charge in [0.25, 0.3) is 0 Å². The Bertz CT molecular complexity index is 459. The van der Waals surface area contributed by atoms with Crippen LogP contribution in [0.2, 0.25) is 0 Å². The maximum absolute atomic E-state index is 10.5. The average Bonchev–Trinajstić information content (AvgIpc) is 3.17. The van der Waals surface area contributed by atoms with Crippen molar-refractivity contribution in [3.05, 3.63) is 24.3 Å². The summed E-state index contributed by atoms with van der Waals surface area (Å²) in [5.74, 6) is -0.0912. The Labute approximate surface area is 150 Å². The second kappa shape index (κ2) is 10.7. The number of aliphatic hydroxyl groups is 1. The molecule has 0 aromatic heterocycles. The molecule has 5 nitrogen and oxygen atoms in total. The van der Waals surface area contributed by atoms with Crippen molar-refractivity contribution >= 4 is 5.97 Å². The van der Waals surface area contributed by atoms with Crippen LogP contribution in [-0.4, -0.2) is 34.5 Å². The molecule has 0 amide bonds. The molecule has 0 radical (unpaired) electrons. The SMILES string of the molecule is CCCCC[C@H](O)/C=C/[C@@H]1[C@@H](C/C=C\CCCC(=O)O)[C@H]2C[C@H]1OO2. The third kappa shape index (κ3) is 6.57. The Morgan fingerprint density at radius 1 is 1.20 bits per heavy atom. The fourth-order valence-electron chi connectivity index (χ4n) is 3.72. The molecule has 2 N–H and O–H groups in total. The Kier molecular flexibility index (Phi) is 8.65. The number of hydrogen-bond acceptors (Lipinski definition) is 4. The molecular weight excluding hydrogens is 320 g/mol. The fraction of sp³-hybridized carbons (Fsp3) is 0.750. The first-order valence-corrected chi connectivity index (χ1v) is 9.67. The van der Waals surface area contributed by atoms with Crippen LogP contribution in [0.5, 0.6) is 0 Å². The van der Waals surface area contributed by atoms with E-state index in [1.54, 1.807) is 0 Å². The standard InChI is InChI=1S/C20H32O5/c1-2-3-6-9-15(21)12-13-17-16(18-14-19(17)25-24-18)10-7-4-5-8-11-20(22)23/h4,7,12-13,15-19,21H,2-3,5-6,8-11,14H2,1H3,(H,22,23)/b7-4-,13-12+/t15-,16+,17+,18+,19+/m0/s1. The summed E-state index contributed by atoms with van der Waals surface area (Å²) in [6, 6.07) is 0. The summed E-state index contributed by atoms with van der Waals surface area (Å²) in [5, 5.41) is 18.7. The lowest BCUT2D eigenvalue weighted by Gasteiger charge is -2.27. The van der Waals surface area contributed by atoms with Crippen molar-refractivity contribution in [3.8, 4) is 0 Å². The Hall–Kier alpha value is -1.17. The van der Waals surface area contributed by atoms with Gasteiger partial charge in [-0.05, 0) is 25.7 Å². The van der Waals surface area contributed by atoms with Gasteiger partial charge in [0, 0.05) is 24.7 Å². The van der Waals surface area contributed by atoms with E-state index in [1.807, 2.05) is 6.08 Å². The highest BCUT2D eigenvalue weighted by molar-refractivity contribution is 5.66. The van der Waals surface area contributed by atoms with Crippen LogP contribution in [0.1, 0.15) is 64.7 Å². The van der Waals surface area contributed by atoms with Crippen molar-refractivity contribution < 1.29 is 24.8 Å². The molecule has 5 atom stereocenters. The number of allylic oxidation sites excluding steroid dienone is 2. The third-order valence-electron chi connectivity index (χ3n) is 5.16. The number of fused-ring (bicyclic) bond motifs is 2. The van der Waals surface area contributed by atoms with Crippen LogP contribution in [0.25, 0.3) is 0 Å². The van der Waals surface area contributed by atoms with E-state index in [-0.39, 0.29) is 30.7 Å². The molecule has 0 unspecified atom stereocenters. The summed E-state index contributed by atoms with van der Waals surface area (Å²) in [5.41, 5.74) is 0. The van der Waals surface area contributed by atoms with Crippen molar-refractivity contribution in [1.29, 1.82) is 0 Å². The zero-order valence-corrected chi connectivity index (χ0v) is 15.2. The minimum absolute atomic E-state index is 0.0921. The van der Waals surface area contributed by atoms with Gasteiger partial charge >= 0.3 is 5.97 Å². The largest absolute Gasteiger partial charge is 0.481 e.